The molecule has 0 aromatic carbocycles. The lowest BCUT2D eigenvalue weighted by Crippen LogP contribution is -2.08. The van der Waals surface area contributed by atoms with Gasteiger partial charge in [0.15, 0.2) is 5.82 Å². The van der Waals surface area contributed by atoms with E-state index in [0.717, 1.165) is 24.5 Å². The van der Waals surface area contributed by atoms with Crippen LogP contribution in [0.3, 0.4) is 0 Å². The van der Waals surface area contributed by atoms with Gasteiger partial charge in [0.25, 0.3) is 0 Å². The Morgan fingerprint density at radius 1 is 1.42 bits per heavy atom. The van der Waals surface area contributed by atoms with E-state index in [2.05, 4.69) is 33.4 Å². The van der Waals surface area contributed by atoms with Gasteiger partial charge in [0.2, 0.25) is 5.95 Å². The second kappa shape index (κ2) is 4.87. The summed E-state index contributed by atoms with van der Waals surface area (Å²) >= 11 is 0. The van der Waals surface area contributed by atoms with Crippen molar-refractivity contribution in [1.29, 1.82) is 0 Å². The first-order chi connectivity index (χ1) is 9.26. The molecule has 1 aliphatic carbocycles. The molecule has 100 valence electrons. The van der Waals surface area contributed by atoms with Crippen molar-refractivity contribution in [3.63, 3.8) is 0 Å². The zero-order chi connectivity index (χ0) is 13.2. The molecule has 0 spiro atoms. The molecule has 0 saturated heterocycles. The molecule has 2 aromatic heterocycles. The van der Waals surface area contributed by atoms with E-state index >= 15 is 0 Å². The lowest BCUT2D eigenvalue weighted by atomic mass is 10.3. The zero-order valence-electron chi connectivity index (χ0n) is 11.0. The normalized spacial score (nSPS) is 14.6. The maximum atomic E-state index is 5.74. The van der Waals surface area contributed by atoms with Gasteiger partial charge in [-0.05, 0) is 25.3 Å². The highest BCUT2D eigenvalue weighted by Crippen LogP contribution is 2.38. The van der Waals surface area contributed by atoms with Crippen molar-refractivity contribution in [3.8, 4) is 5.82 Å². The van der Waals surface area contributed by atoms with Crippen molar-refractivity contribution < 1.29 is 0 Å². The minimum absolute atomic E-state index is 0.263. The van der Waals surface area contributed by atoms with E-state index in [0.29, 0.717) is 11.7 Å². The molecule has 0 amide bonds. The number of hydrogen-bond acceptors (Lipinski definition) is 5. The van der Waals surface area contributed by atoms with Crippen LogP contribution in [0, 0.1) is 0 Å². The second-order valence-corrected chi connectivity index (χ2v) is 4.86. The van der Waals surface area contributed by atoms with Crippen LogP contribution in [0.15, 0.2) is 18.3 Å². The molecule has 2 aromatic rings. The third kappa shape index (κ3) is 2.67. The van der Waals surface area contributed by atoms with Crippen molar-refractivity contribution in [3.05, 3.63) is 24.0 Å². The van der Waals surface area contributed by atoms with Gasteiger partial charge in [-0.25, -0.2) is 4.68 Å². The maximum absolute atomic E-state index is 5.74. The number of rotatable bonds is 5. The van der Waals surface area contributed by atoms with Gasteiger partial charge in [0.1, 0.15) is 5.82 Å². The van der Waals surface area contributed by atoms with Crippen molar-refractivity contribution >= 4 is 11.8 Å². The summed E-state index contributed by atoms with van der Waals surface area (Å²) in [6.45, 7) is 2.97. The summed E-state index contributed by atoms with van der Waals surface area (Å²) in [6.07, 6.45) is 5.45. The Bertz CT molecular complexity index is 572. The second-order valence-electron chi connectivity index (χ2n) is 4.86. The molecule has 0 atom stereocenters. The molecule has 1 fully saturated rings. The maximum Gasteiger partial charge on any atom is 0.224 e. The number of nitrogens with one attached hydrogen (secondary N) is 1. The van der Waals surface area contributed by atoms with Gasteiger partial charge in [-0.1, -0.05) is 6.92 Å². The molecule has 1 saturated carbocycles. The quantitative estimate of drug-likeness (QED) is 0.856. The van der Waals surface area contributed by atoms with Crippen LogP contribution < -0.4 is 11.1 Å². The van der Waals surface area contributed by atoms with Crippen LogP contribution in [0.2, 0.25) is 0 Å². The van der Waals surface area contributed by atoms with Crippen LogP contribution in [0.4, 0.5) is 11.8 Å². The third-order valence-corrected chi connectivity index (χ3v) is 3.13. The van der Waals surface area contributed by atoms with Crippen LogP contribution in [-0.2, 0) is 0 Å². The standard InChI is InChI=1S/C13H18N6/c1-2-6-15-11-8-12(17-13(14)16-11)19-7-5-10(18-19)9-3-4-9/h5,7-9H,2-4,6H2,1H3,(H3,14,15,16,17). The van der Waals surface area contributed by atoms with Gasteiger partial charge in [-0.2, -0.15) is 15.1 Å². The van der Waals surface area contributed by atoms with Gasteiger partial charge in [-0.15, -0.1) is 0 Å². The summed E-state index contributed by atoms with van der Waals surface area (Å²) in [6, 6.07) is 3.92. The topological polar surface area (TPSA) is 81.7 Å². The Labute approximate surface area is 112 Å². The number of nitrogens with zero attached hydrogens (tertiary/aromatic N) is 4. The van der Waals surface area contributed by atoms with Gasteiger partial charge in [0.05, 0.1) is 5.69 Å². The molecular formula is C13H18N6. The summed E-state index contributed by atoms with van der Waals surface area (Å²) in [5, 5.41) is 7.76. The van der Waals surface area contributed by atoms with Gasteiger partial charge >= 0.3 is 0 Å². The summed E-state index contributed by atoms with van der Waals surface area (Å²) < 4.78 is 1.77. The van der Waals surface area contributed by atoms with Crippen molar-refractivity contribution in [2.45, 2.75) is 32.1 Å². The summed E-state index contributed by atoms with van der Waals surface area (Å²) in [5.74, 6) is 2.35. The minimum atomic E-state index is 0.263. The van der Waals surface area contributed by atoms with Crippen LogP contribution in [0.25, 0.3) is 5.82 Å². The molecule has 1 aliphatic rings. The summed E-state index contributed by atoms with van der Waals surface area (Å²) in [5.41, 5.74) is 6.88. The Balaban J connectivity index is 1.87. The first kappa shape index (κ1) is 12.0. The average molecular weight is 258 g/mol. The highest BCUT2D eigenvalue weighted by atomic mass is 15.3. The van der Waals surface area contributed by atoms with Gasteiger partial charge < -0.3 is 11.1 Å². The predicted octanol–water partition coefficient (Wildman–Crippen LogP) is 1.94. The molecule has 3 N–H and O–H groups in total. The fraction of sp³-hybridized carbons (Fsp3) is 0.462. The SMILES string of the molecule is CCCNc1cc(-n2ccc(C3CC3)n2)nc(N)n1. The van der Waals surface area contributed by atoms with Gasteiger partial charge in [-0.3, -0.25) is 0 Å². The summed E-state index contributed by atoms with van der Waals surface area (Å²) in [7, 11) is 0. The Hall–Kier alpha value is -2.11. The van der Waals surface area contributed by atoms with E-state index in [1.54, 1.807) is 4.68 Å². The van der Waals surface area contributed by atoms with E-state index in [9.17, 15) is 0 Å². The van der Waals surface area contributed by atoms with E-state index < -0.39 is 0 Å². The van der Waals surface area contributed by atoms with Crippen molar-refractivity contribution in [2.24, 2.45) is 0 Å². The number of aromatic nitrogens is 4. The molecule has 2 heterocycles. The Kier molecular flexibility index (Phi) is 3.06. The number of nitrogen functional groups attached to an aromatic ring is 1. The Morgan fingerprint density at radius 2 is 2.26 bits per heavy atom. The van der Waals surface area contributed by atoms with E-state index in [1.807, 2.05) is 12.3 Å². The molecule has 0 radical (unpaired) electrons. The first-order valence-electron chi connectivity index (χ1n) is 6.70. The minimum Gasteiger partial charge on any atom is -0.370 e. The molecule has 0 unspecified atom stereocenters. The van der Waals surface area contributed by atoms with E-state index in [-0.39, 0.29) is 5.95 Å². The zero-order valence-corrected chi connectivity index (χ0v) is 11.0. The lowest BCUT2D eigenvalue weighted by Gasteiger charge is -2.07. The molecule has 19 heavy (non-hydrogen) atoms. The highest BCUT2D eigenvalue weighted by Gasteiger charge is 2.26. The van der Waals surface area contributed by atoms with Crippen LogP contribution in [-0.4, -0.2) is 26.3 Å². The number of anilines is 2. The molecule has 6 heteroatoms. The van der Waals surface area contributed by atoms with Crippen molar-refractivity contribution in [2.75, 3.05) is 17.6 Å². The first-order valence-corrected chi connectivity index (χ1v) is 6.70. The van der Waals surface area contributed by atoms with Crippen LogP contribution >= 0.6 is 0 Å². The monoisotopic (exact) mass is 258 g/mol. The molecule has 0 bridgehead atoms. The fourth-order valence-corrected chi connectivity index (χ4v) is 1.98. The number of nitrogens with two attached hydrogens (primary N) is 1. The highest BCUT2D eigenvalue weighted by molar-refractivity contribution is 5.45. The molecular weight excluding hydrogens is 240 g/mol. The fourth-order valence-electron chi connectivity index (χ4n) is 1.98. The average Bonchev–Trinajstić information content (AvgIpc) is 3.13. The Morgan fingerprint density at radius 3 is 3.00 bits per heavy atom. The van der Waals surface area contributed by atoms with Crippen molar-refractivity contribution in [1.82, 2.24) is 19.7 Å². The molecule has 0 aliphatic heterocycles. The molecule has 3 rings (SSSR count). The van der Waals surface area contributed by atoms with Crippen LogP contribution in [0.5, 0.6) is 0 Å². The van der Waals surface area contributed by atoms with Gasteiger partial charge in [0, 0.05) is 24.7 Å². The smallest absolute Gasteiger partial charge is 0.224 e. The van der Waals surface area contributed by atoms with E-state index in [1.165, 1.54) is 12.8 Å². The van der Waals surface area contributed by atoms with Crippen LogP contribution in [0.1, 0.15) is 37.8 Å². The largest absolute Gasteiger partial charge is 0.370 e. The number of hydrogen-bond donors (Lipinski definition) is 2. The molecule has 6 nitrogen and oxygen atoms in total. The lowest BCUT2D eigenvalue weighted by molar-refractivity contribution is 0.809. The van der Waals surface area contributed by atoms with E-state index in [4.69, 9.17) is 5.73 Å². The third-order valence-electron chi connectivity index (χ3n) is 3.13. The predicted molar refractivity (Wildman–Crippen MR) is 74.3 cm³/mol. The summed E-state index contributed by atoms with van der Waals surface area (Å²) in [4.78, 5) is 8.40.